The van der Waals surface area contributed by atoms with Gasteiger partial charge < -0.3 is 16.0 Å². The molecule has 1 aliphatic carbocycles. The van der Waals surface area contributed by atoms with E-state index in [2.05, 4.69) is 42.8 Å². The molecule has 252 valence electrons. The Morgan fingerprint density at radius 3 is 2.43 bits per heavy atom. The number of nitrogens with one attached hydrogen (secondary N) is 3. The van der Waals surface area contributed by atoms with Gasteiger partial charge in [0.1, 0.15) is 16.8 Å². The van der Waals surface area contributed by atoms with Crippen molar-refractivity contribution in [1.29, 1.82) is 5.26 Å². The Kier molecular flexibility index (Phi) is 11.4. The SMILES string of the molecule is CCC(Sc1cccc(NC(=O)/C(=C\c2ccc(C)cc2)NC(=O)c2ccccc2)c1)C(=O)Nc1sc2c(c1C#N)CCC(C(C)(C)C)C2. The zero-order valence-electron chi connectivity index (χ0n) is 28.6. The highest BCUT2D eigenvalue weighted by atomic mass is 32.2. The zero-order valence-corrected chi connectivity index (χ0v) is 30.2. The van der Waals surface area contributed by atoms with E-state index in [1.165, 1.54) is 28.0 Å². The summed E-state index contributed by atoms with van der Waals surface area (Å²) in [6.07, 6.45) is 5.04. The standard InChI is InChI=1S/C40H42N4O3S2/c1-6-34(38(47)44-39-32(24-41)31-20-19-28(40(3,4)5)22-35(31)49-39)48-30-14-10-13-29(23-30)42-37(46)33(21-26-17-15-25(2)16-18-26)43-36(45)27-11-8-7-9-12-27/h7-18,21,23,28,34H,6,19-20,22H2,1-5H3,(H,42,46)(H,43,45)(H,44,47)/b33-21+. The van der Waals surface area contributed by atoms with Gasteiger partial charge in [-0.2, -0.15) is 5.26 Å². The smallest absolute Gasteiger partial charge is 0.272 e. The van der Waals surface area contributed by atoms with Crippen molar-refractivity contribution in [3.8, 4) is 6.07 Å². The van der Waals surface area contributed by atoms with Gasteiger partial charge in [-0.1, -0.05) is 81.8 Å². The van der Waals surface area contributed by atoms with Crippen molar-refractivity contribution in [1.82, 2.24) is 5.32 Å². The van der Waals surface area contributed by atoms with Crippen LogP contribution >= 0.6 is 23.1 Å². The number of benzene rings is 3. The number of rotatable bonds is 10. The number of thioether (sulfide) groups is 1. The Balaban J connectivity index is 1.29. The summed E-state index contributed by atoms with van der Waals surface area (Å²) in [4.78, 5) is 42.2. The second-order valence-electron chi connectivity index (χ2n) is 13.4. The fraction of sp³-hybridized carbons (Fsp3) is 0.300. The Hall–Kier alpha value is -4.65. The molecule has 3 amide bonds. The lowest BCUT2D eigenvalue weighted by atomic mass is 9.72. The third-order valence-corrected chi connectivity index (χ3v) is 11.3. The van der Waals surface area contributed by atoms with Crippen LogP contribution in [0.25, 0.3) is 6.08 Å². The number of thiophene rings is 1. The molecule has 0 radical (unpaired) electrons. The minimum Gasteiger partial charge on any atom is -0.321 e. The Morgan fingerprint density at radius 1 is 1.02 bits per heavy atom. The van der Waals surface area contributed by atoms with E-state index in [1.807, 2.05) is 62.4 Å². The highest BCUT2D eigenvalue weighted by molar-refractivity contribution is 8.00. The average molecular weight is 691 g/mol. The van der Waals surface area contributed by atoms with Crippen LogP contribution in [0.4, 0.5) is 10.7 Å². The van der Waals surface area contributed by atoms with Gasteiger partial charge in [-0.05, 0) is 91.5 Å². The summed E-state index contributed by atoms with van der Waals surface area (Å²) in [7, 11) is 0. The number of nitriles is 1. The number of anilines is 2. The molecule has 2 atom stereocenters. The van der Waals surface area contributed by atoms with Crippen molar-refractivity contribution in [2.45, 2.75) is 70.4 Å². The molecule has 0 aliphatic heterocycles. The molecule has 9 heteroatoms. The number of amides is 3. The maximum atomic E-state index is 13.6. The van der Waals surface area contributed by atoms with Gasteiger partial charge >= 0.3 is 0 Å². The molecule has 3 aromatic carbocycles. The minimum absolute atomic E-state index is 0.0994. The molecule has 0 bridgehead atoms. The Bertz CT molecular complexity index is 1900. The predicted octanol–water partition coefficient (Wildman–Crippen LogP) is 9.00. The van der Waals surface area contributed by atoms with Crippen molar-refractivity contribution >= 4 is 57.6 Å². The highest BCUT2D eigenvalue weighted by Crippen LogP contribution is 2.44. The summed E-state index contributed by atoms with van der Waals surface area (Å²) in [6, 6.07) is 26.1. The number of aryl methyl sites for hydroxylation is 1. The second kappa shape index (κ2) is 15.7. The summed E-state index contributed by atoms with van der Waals surface area (Å²) in [5, 5.41) is 19.0. The van der Waals surface area contributed by atoms with E-state index in [-0.39, 0.29) is 17.0 Å². The van der Waals surface area contributed by atoms with Crippen molar-refractivity contribution in [2.24, 2.45) is 11.3 Å². The average Bonchev–Trinajstić information content (AvgIpc) is 3.44. The third-order valence-electron chi connectivity index (χ3n) is 8.79. The van der Waals surface area contributed by atoms with Crippen LogP contribution in [0.1, 0.15) is 78.0 Å². The lowest BCUT2D eigenvalue weighted by Gasteiger charge is -2.33. The second-order valence-corrected chi connectivity index (χ2v) is 15.8. The number of fused-ring (bicyclic) bond motifs is 1. The van der Waals surface area contributed by atoms with E-state index >= 15 is 0 Å². The maximum Gasteiger partial charge on any atom is 0.272 e. The number of carbonyl (C=O) groups excluding carboxylic acids is 3. The molecule has 1 aromatic heterocycles. The first-order valence-corrected chi connectivity index (χ1v) is 18.2. The van der Waals surface area contributed by atoms with Gasteiger partial charge in [0.05, 0.1) is 10.8 Å². The van der Waals surface area contributed by atoms with E-state index in [0.717, 1.165) is 40.8 Å². The van der Waals surface area contributed by atoms with Gasteiger partial charge in [0, 0.05) is 21.0 Å². The van der Waals surface area contributed by atoms with Gasteiger partial charge in [-0.3, -0.25) is 14.4 Å². The van der Waals surface area contributed by atoms with Gasteiger partial charge in [0.15, 0.2) is 0 Å². The van der Waals surface area contributed by atoms with Gasteiger partial charge in [0.25, 0.3) is 11.8 Å². The van der Waals surface area contributed by atoms with Crippen molar-refractivity contribution < 1.29 is 14.4 Å². The number of hydrogen-bond acceptors (Lipinski definition) is 6. The van der Waals surface area contributed by atoms with Crippen LogP contribution in [-0.2, 0) is 22.4 Å². The van der Waals surface area contributed by atoms with Crippen LogP contribution in [0, 0.1) is 29.6 Å². The first-order valence-electron chi connectivity index (χ1n) is 16.5. The fourth-order valence-corrected chi connectivity index (χ4v) is 8.12. The largest absolute Gasteiger partial charge is 0.321 e. The molecule has 3 N–H and O–H groups in total. The summed E-state index contributed by atoms with van der Waals surface area (Å²) in [5.41, 5.74) is 4.78. The predicted molar refractivity (Wildman–Crippen MR) is 201 cm³/mol. The molecule has 5 rings (SSSR count). The van der Waals surface area contributed by atoms with E-state index in [1.54, 1.807) is 36.4 Å². The van der Waals surface area contributed by atoms with Crippen LogP contribution in [0.5, 0.6) is 0 Å². The van der Waals surface area contributed by atoms with E-state index < -0.39 is 17.1 Å². The first-order chi connectivity index (χ1) is 23.4. The Labute approximate surface area is 297 Å². The molecule has 7 nitrogen and oxygen atoms in total. The van der Waals surface area contributed by atoms with Crippen LogP contribution in [0.15, 0.2) is 89.5 Å². The van der Waals surface area contributed by atoms with Crippen molar-refractivity contribution in [2.75, 3.05) is 10.6 Å². The monoisotopic (exact) mass is 690 g/mol. The van der Waals surface area contributed by atoms with Gasteiger partial charge in [0.2, 0.25) is 5.91 Å². The topological polar surface area (TPSA) is 111 Å². The molecular formula is C40H42N4O3S2. The number of hydrogen-bond donors (Lipinski definition) is 3. The molecule has 49 heavy (non-hydrogen) atoms. The summed E-state index contributed by atoms with van der Waals surface area (Å²) < 4.78 is 0. The normalized spacial score (nSPS) is 15.0. The number of nitrogens with zero attached hydrogens (tertiary/aromatic N) is 1. The molecule has 0 fully saturated rings. The van der Waals surface area contributed by atoms with E-state index in [4.69, 9.17) is 0 Å². The summed E-state index contributed by atoms with van der Waals surface area (Å²) in [5.74, 6) is -0.488. The molecule has 0 saturated carbocycles. The quantitative estimate of drug-likeness (QED) is 0.114. The third kappa shape index (κ3) is 9.08. The van der Waals surface area contributed by atoms with E-state index in [0.29, 0.717) is 34.2 Å². The van der Waals surface area contributed by atoms with Crippen LogP contribution in [-0.4, -0.2) is 23.0 Å². The highest BCUT2D eigenvalue weighted by Gasteiger charge is 2.33. The van der Waals surface area contributed by atoms with Gasteiger partial charge in [-0.15, -0.1) is 23.1 Å². The molecular weight excluding hydrogens is 649 g/mol. The van der Waals surface area contributed by atoms with Gasteiger partial charge in [-0.25, -0.2) is 0 Å². The molecule has 1 aliphatic rings. The first kappa shape index (κ1) is 35.7. The lowest BCUT2D eigenvalue weighted by molar-refractivity contribution is -0.116. The lowest BCUT2D eigenvalue weighted by Crippen LogP contribution is -2.30. The van der Waals surface area contributed by atoms with Crippen molar-refractivity contribution in [3.63, 3.8) is 0 Å². The van der Waals surface area contributed by atoms with Crippen LogP contribution in [0.2, 0.25) is 0 Å². The minimum atomic E-state index is -0.476. The van der Waals surface area contributed by atoms with Crippen LogP contribution in [0.3, 0.4) is 0 Å². The van der Waals surface area contributed by atoms with Crippen LogP contribution < -0.4 is 16.0 Å². The maximum absolute atomic E-state index is 13.6. The molecule has 2 unspecified atom stereocenters. The number of carbonyl (C=O) groups is 3. The molecule has 0 saturated heterocycles. The Morgan fingerprint density at radius 2 is 1.76 bits per heavy atom. The summed E-state index contributed by atoms with van der Waals surface area (Å²) in [6.45, 7) is 10.7. The summed E-state index contributed by atoms with van der Waals surface area (Å²) >= 11 is 2.94. The molecule has 4 aromatic rings. The molecule has 1 heterocycles. The fourth-order valence-electron chi connectivity index (χ4n) is 5.83. The molecule has 0 spiro atoms. The zero-order chi connectivity index (χ0) is 35.1. The van der Waals surface area contributed by atoms with E-state index in [9.17, 15) is 19.6 Å². The van der Waals surface area contributed by atoms with Crippen molar-refractivity contribution in [3.05, 3.63) is 117 Å².